The third-order valence-electron chi connectivity index (χ3n) is 2.30. The van der Waals surface area contributed by atoms with Gasteiger partial charge in [0.05, 0.1) is 11.9 Å². The summed E-state index contributed by atoms with van der Waals surface area (Å²) in [6.07, 6.45) is -4.77. The van der Waals surface area contributed by atoms with Gasteiger partial charge in [-0.15, -0.1) is 0 Å². The first-order chi connectivity index (χ1) is 9.27. The molecule has 0 aliphatic rings. The van der Waals surface area contributed by atoms with Gasteiger partial charge in [0.1, 0.15) is 12.1 Å². The molecular weight excluding hydrogens is 307 g/mol. The summed E-state index contributed by atoms with van der Waals surface area (Å²) in [7, 11) is 0. The standard InChI is InChI=1S/C10H6ClF5N4/c11-9-17-2-6(10(14,15)16)8(19-9)5-1-18-20(3-5)4-7(12)13/h1-3,7H,4H2. The van der Waals surface area contributed by atoms with Crippen LogP contribution in [0.25, 0.3) is 11.3 Å². The summed E-state index contributed by atoms with van der Waals surface area (Å²) in [5.74, 6) is 0. The maximum Gasteiger partial charge on any atom is 0.419 e. The Morgan fingerprint density at radius 3 is 2.55 bits per heavy atom. The fraction of sp³-hybridized carbons (Fsp3) is 0.300. The van der Waals surface area contributed by atoms with Gasteiger partial charge in [0, 0.05) is 18.0 Å². The fourth-order valence-electron chi connectivity index (χ4n) is 1.51. The van der Waals surface area contributed by atoms with Gasteiger partial charge in [-0.05, 0) is 11.6 Å². The third-order valence-corrected chi connectivity index (χ3v) is 2.48. The lowest BCUT2D eigenvalue weighted by Crippen LogP contribution is -2.09. The molecule has 0 N–H and O–H groups in total. The average molecular weight is 313 g/mol. The van der Waals surface area contributed by atoms with Crippen molar-refractivity contribution < 1.29 is 22.0 Å². The molecule has 4 nitrogen and oxygen atoms in total. The Hall–Kier alpha value is -1.77. The minimum absolute atomic E-state index is 0.0673. The van der Waals surface area contributed by atoms with Crippen LogP contribution in [0.15, 0.2) is 18.6 Å². The molecule has 0 aromatic carbocycles. The van der Waals surface area contributed by atoms with Crippen LogP contribution in [0.1, 0.15) is 5.56 Å². The van der Waals surface area contributed by atoms with Gasteiger partial charge in [0.2, 0.25) is 5.28 Å². The van der Waals surface area contributed by atoms with Crippen LogP contribution in [0.3, 0.4) is 0 Å². The van der Waals surface area contributed by atoms with Crippen LogP contribution in [-0.2, 0) is 12.7 Å². The number of hydrogen-bond donors (Lipinski definition) is 0. The van der Waals surface area contributed by atoms with E-state index in [2.05, 4.69) is 15.1 Å². The van der Waals surface area contributed by atoms with Crippen molar-refractivity contribution in [3.63, 3.8) is 0 Å². The number of alkyl halides is 5. The third kappa shape index (κ3) is 3.21. The summed E-state index contributed by atoms with van der Waals surface area (Å²) < 4.78 is 63.6. The van der Waals surface area contributed by atoms with Crippen molar-refractivity contribution in [2.24, 2.45) is 0 Å². The van der Waals surface area contributed by atoms with Crippen LogP contribution < -0.4 is 0 Å². The molecule has 108 valence electrons. The first-order valence-electron chi connectivity index (χ1n) is 5.18. The van der Waals surface area contributed by atoms with Crippen LogP contribution in [-0.4, -0.2) is 26.2 Å². The number of aromatic nitrogens is 4. The molecule has 20 heavy (non-hydrogen) atoms. The van der Waals surface area contributed by atoms with Crippen molar-refractivity contribution in [2.75, 3.05) is 0 Å². The maximum absolute atomic E-state index is 12.8. The monoisotopic (exact) mass is 312 g/mol. The van der Waals surface area contributed by atoms with E-state index in [1.807, 2.05) is 0 Å². The second-order valence-electron chi connectivity index (χ2n) is 3.74. The van der Waals surface area contributed by atoms with Crippen LogP contribution in [0.5, 0.6) is 0 Å². The van der Waals surface area contributed by atoms with E-state index >= 15 is 0 Å². The van der Waals surface area contributed by atoms with Crippen molar-refractivity contribution in [1.82, 2.24) is 19.7 Å². The molecule has 0 radical (unpaired) electrons. The minimum Gasteiger partial charge on any atom is -0.266 e. The Morgan fingerprint density at radius 1 is 1.25 bits per heavy atom. The average Bonchev–Trinajstić information content (AvgIpc) is 2.74. The van der Waals surface area contributed by atoms with Crippen molar-refractivity contribution in [3.05, 3.63) is 29.4 Å². The van der Waals surface area contributed by atoms with E-state index in [4.69, 9.17) is 11.6 Å². The molecule has 0 saturated carbocycles. The van der Waals surface area contributed by atoms with Gasteiger partial charge in [-0.2, -0.15) is 18.3 Å². The van der Waals surface area contributed by atoms with E-state index in [1.165, 1.54) is 0 Å². The molecule has 0 spiro atoms. The summed E-state index contributed by atoms with van der Waals surface area (Å²) in [6, 6.07) is 0. The fourth-order valence-corrected chi connectivity index (χ4v) is 1.65. The summed E-state index contributed by atoms with van der Waals surface area (Å²) in [4.78, 5) is 6.77. The Balaban J connectivity index is 2.46. The summed E-state index contributed by atoms with van der Waals surface area (Å²) >= 11 is 5.47. The van der Waals surface area contributed by atoms with Crippen molar-refractivity contribution >= 4 is 11.6 Å². The van der Waals surface area contributed by atoms with Crippen LogP contribution in [0.2, 0.25) is 5.28 Å². The van der Waals surface area contributed by atoms with E-state index in [1.54, 1.807) is 0 Å². The Morgan fingerprint density at radius 2 is 1.95 bits per heavy atom. The van der Waals surface area contributed by atoms with Crippen LogP contribution in [0.4, 0.5) is 22.0 Å². The number of rotatable bonds is 3. The van der Waals surface area contributed by atoms with Gasteiger partial charge in [-0.3, -0.25) is 4.68 Å². The molecule has 0 atom stereocenters. The predicted octanol–water partition coefficient (Wildman–Crippen LogP) is 3.28. The molecule has 10 heteroatoms. The van der Waals surface area contributed by atoms with Gasteiger partial charge < -0.3 is 0 Å². The van der Waals surface area contributed by atoms with E-state index in [-0.39, 0.29) is 10.8 Å². The van der Waals surface area contributed by atoms with Crippen molar-refractivity contribution in [2.45, 2.75) is 19.1 Å². The van der Waals surface area contributed by atoms with E-state index in [0.29, 0.717) is 6.20 Å². The topological polar surface area (TPSA) is 43.6 Å². The smallest absolute Gasteiger partial charge is 0.266 e. The minimum atomic E-state index is -4.69. The van der Waals surface area contributed by atoms with Crippen molar-refractivity contribution in [1.29, 1.82) is 0 Å². The molecule has 2 aromatic heterocycles. The van der Waals surface area contributed by atoms with Gasteiger partial charge in [-0.25, -0.2) is 18.7 Å². The normalized spacial score (nSPS) is 12.2. The molecule has 0 amide bonds. The molecule has 2 aromatic rings. The number of halogens is 6. The Bertz CT molecular complexity index is 610. The van der Waals surface area contributed by atoms with Gasteiger partial charge >= 0.3 is 6.18 Å². The zero-order chi connectivity index (χ0) is 14.9. The zero-order valence-corrected chi connectivity index (χ0v) is 10.3. The predicted molar refractivity (Wildman–Crippen MR) is 59.3 cm³/mol. The zero-order valence-electron chi connectivity index (χ0n) is 9.57. The second kappa shape index (κ2) is 5.31. The molecule has 0 aliphatic heterocycles. The highest BCUT2D eigenvalue weighted by molar-refractivity contribution is 6.28. The lowest BCUT2D eigenvalue weighted by atomic mass is 10.1. The Kier molecular flexibility index (Phi) is 3.89. The highest BCUT2D eigenvalue weighted by Gasteiger charge is 2.35. The molecule has 0 saturated heterocycles. The quantitative estimate of drug-likeness (QED) is 0.645. The first-order valence-corrected chi connectivity index (χ1v) is 5.56. The van der Waals surface area contributed by atoms with Gasteiger partial charge in [0.25, 0.3) is 6.43 Å². The van der Waals surface area contributed by atoms with E-state index in [9.17, 15) is 22.0 Å². The molecule has 2 heterocycles. The lowest BCUT2D eigenvalue weighted by Gasteiger charge is -2.10. The summed E-state index contributed by atoms with van der Waals surface area (Å²) in [5.41, 5.74) is -1.68. The highest BCUT2D eigenvalue weighted by atomic mass is 35.5. The van der Waals surface area contributed by atoms with Crippen LogP contribution >= 0.6 is 11.6 Å². The molecular formula is C10H6ClF5N4. The molecule has 0 unspecified atom stereocenters. The molecule has 0 bridgehead atoms. The summed E-state index contributed by atoms with van der Waals surface area (Å²) in [5, 5.41) is 3.17. The largest absolute Gasteiger partial charge is 0.419 e. The number of nitrogens with zero attached hydrogens (tertiary/aromatic N) is 4. The summed E-state index contributed by atoms with van der Waals surface area (Å²) in [6.45, 7) is -0.722. The van der Waals surface area contributed by atoms with Gasteiger partial charge in [0.15, 0.2) is 0 Å². The maximum atomic E-state index is 12.8. The molecule has 2 rings (SSSR count). The highest BCUT2D eigenvalue weighted by Crippen LogP contribution is 2.35. The second-order valence-corrected chi connectivity index (χ2v) is 4.08. The van der Waals surface area contributed by atoms with Gasteiger partial charge in [-0.1, -0.05) is 0 Å². The first kappa shape index (κ1) is 14.6. The lowest BCUT2D eigenvalue weighted by molar-refractivity contribution is -0.137. The van der Waals surface area contributed by atoms with E-state index in [0.717, 1.165) is 17.1 Å². The Labute approximate surface area is 114 Å². The van der Waals surface area contributed by atoms with Crippen LogP contribution in [0, 0.1) is 0 Å². The van der Waals surface area contributed by atoms with E-state index < -0.39 is 30.4 Å². The SMILES string of the molecule is FC(F)Cn1cc(-c2nc(Cl)ncc2C(F)(F)F)cn1. The number of hydrogen-bond acceptors (Lipinski definition) is 3. The molecule has 0 fully saturated rings. The van der Waals surface area contributed by atoms with Crippen molar-refractivity contribution in [3.8, 4) is 11.3 Å². The molecule has 0 aliphatic carbocycles.